The number of piperazine rings is 1. The fourth-order valence-electron chi connectivity index (χ4n) is 3.14. The summed E-state index contributed by atoms with van der Waals surface area (Å²) in [6, 6.07) is 11.1. The second kappa shape index (κ2) is 6.16. The molecular formula is C18H22N4O. The van der Waals surface area contributed by atoms with Crippen molar-refractivity contribution in [3.05, 3.63) is 36.4 Å². The second-order valence-corrected chi connectivity index (χ2v) is 6.56. The number of phenols is 1. The molecule has 2 aromatic rings. The van der Waals surface area contributed by atoms with Gasteiger partial charge >= 0.3 is 0 Å². The van der Waals surface area contributed by atoms with E-state index in [0.717, 1.165) is 49.2 Å². The van der Waals surface area contributed by atoms with Crippen LogP contribution in [0.15, 0.2) is 36.4 Å². The summed E-state index contributed by atoms with van der Waals surface area (Å²) in [4.78, 5) is 4.88. The Labute approximate surface area is 136 Å². The lowest BCUT2D eigenvalue weighted by atomic mass is 10.1. The lowest BCUT2D eigenvalue weighted by molar-refractivity contribution is 0.247. The molecule has 2 fully saturated rings. The quantitative estimate of drug-likeness (QED) is 0.939. The molecule has 1 aliphatic heterocycles. The largest absolute Gasteiger partial charge is 0.508 e. The van der Waals surface area contributed by atoms with Crippen LogP contribution in [0.1, 0.15) is 12.8 Å². The van der Waals surface area contributed by atoms with E-state index in [2.05, 4.69) is 20.0 Å². The minimum atomic E-state index is 0.250. The summed E-state index contributed by atoms with van der Waals surface area (Å²) >= 11 is 0. The summed E-state index contributed by atoms with van der Waals surface area (Å²) in [7, 11) is 0. The summed E-state index contributed by atoms with van der Waals surface area (Å²) < 4.78 is 0. The second-order valence-electron chi connectivity index (χ2n) is 6.56. The normalized spacial score (nSPS) is 19.0. The highest BCUT2D eigenvalue weighted by Crippen LogP contribution is 2.30. The zero-order valence-corrected chi connectivity index (χ0v) is 13.2. The molecule has 4 rings (SSSR count). The SMILES string of the molecule is Oc1cccc(-c2ccc(N3CCN(CC4CC4)CC3)nn2)c1. The van der Waals surface area contributed by atoms with Gasteiger partial charge in [0, 0.05) is 38.3 Å². The van der Waals surface area contributed by atoms with Gasteiger partial charge in [0.2, 0.25) is 0 Å². The molecule has 0 spiro atoms. The van der Waals surface area contributed by atoms with Gasteiger partial charge in [0.1, 0.15) is 5.75 Å². The highest BCUT2D eigenvalue weighted by molar-refractivity contribution is 5.61. The lowest BCUT2D eigenvalue weighted by Crippen LogP contribution is -2.47. The van der Waals surface area contributed by atoms with Crippen LogP contribution in [-0.2, 0) is 0 Å². The molecule has 5 nitrogen and oxygen atoms in total. The highest BCUT2D eigenvalue weighted by atomic mass is 16.3. The van der Waals surface area contributed by atoms with E-state index in [0.29, 0.717) is 0 Å². The molecule has 120 valence electrons. The summed E-state index contributed by atoms with van der Waals surface area (Å²) in [6.45, 7) is 5.55. The number of rotatable bonds is 4. The van der Waals surface area contributed by atoms with Crippen molar-refractivity contribution >= 4 is 5.82 Å². The first-order chi connectivity index (χ1) is 11.3. The lowest BCUT2D eigenvalue weighted by Gasteiger charge is -2.35. The van der Waals surface area contributed by atoms with Gasteiger partial charge in [-0.3, -0.25) is 4.90 Å². The van der Waals surface area contributed by atoms with Gasteiger partial charge in [0.05, 0.1) is 5.69 Å². The number of hydrogen-bond donors (Lipinski definition) is 1. The van der Waals surface area contributed by atoms with Crippen molar-refractivity contribution in [3.8, 4) is 17.0 Å². The molecule has 1 saturated heterocycles. The van der Waals surface area contributed by atoms with Crippen LogP contribution in [0.3, 0.4) is 0 Å². The first kappa shape index (κ1) is 14.5. The van der Waals surface area contributed by atoms with Crippen LogP contribution in [0.25, 0.3) is 11.3 Å². The third kappa shape index (κ3) is 3.45. The maximum absolute atomic E-state index is 9.56. The standard InChI is InChI=1S/C18H22N4O/c23-16-3-1-2-15(12-16)17-6-7-18(20-19-17)22-10-8-21(9-11-22)13-14-4-5-14/h1-3,6-7,12,14,23H,4-5,8-11,13H2. The first-order valence-electron chi connectivity index (χ1n) is 8.38. The minimum Gasteiger partial charge on any atom is -0.508 e. The number of aromatic nitrogens is 2. The van der Waals surface area contributed by atoms with E-state index in [1.807, 2.05) is 24.3 Å². The summed E-state index contributed by atoms with van der Waals surface area (Å²) in [5, 5.41) is 18.3. The fraction of sp³-hybridized carbons (Fsp3) is 0.444. The molecule has 1 aliphatic carbocycles. The maximum Gasteiger partial charge on any atom is 0.151 e. The van der Waals surface area contributed by atoms with Gasteiger partial charge in [-0.05, 0) is 43.0 Å². The summed E-state index contributed by atoms with van der Waals surface area (Å²) in [5.74, 6) is 2.16. The molecule has 23 heavy (non-hydrogen) atoms. The highest BCUT2D eigenvalue weighted by Gasteiger charge is 2.26. The van der Waals surface area contributed by atoms with E-state index < -0.39 is 0 Å². The summed E-state index contributed by atoms with van der Waals surface area (Å²) in [5.41, 5.74) is 1.68. The number of anilines is 1. The van der Waals surface area contributed by atoms with E-state index >= 15 is 0 Å². The van der Waals surface area contributed by atoms with E-state index in [9.17, 15) is 5.11 Å². The number of phenolic OH excluding ortho intramolecular Hbond substituents is 1. The van der Waals surface area contributed by atoms with Crippen LogP contribution in [0.5, 0.6) is 5.75 Å². The van der Waals surface area contributed by atoms with Crippen molar-refractivity contribution in [3.63, 3.8) is 0 Å². The Morgan fingerprint density at radius 2 is 1.83 bits per heavy atom. The molecule has 2 heterocycles. The van der Waals surface area contributed by atoms with Gasteiger partial charge in [-0.15, -0.1) is 10.2 Å². The number of benzene rings is 1. The average molecular weight is 310 g/mol. The molecule has 1 N–H and O–H groups in total. The Morgan fingerprint density at radius 1 is 1.00 bits per heavy atom. The van der Waals surface area contributed by atoms with E-state index in [-0.39, 0.29) is 5.75 Å². The monoisotopic (exact) mass is 310 g/mol. The van der Waals surface area contributed by atoms with Crippen molar-refractivity contribution in [2.75, 3.05) is 37.6 Å². The summed E-state index contributed by atoms with van der Waals surface area (Å²) in [6.07, 6.45) is 2.84. The first-order valence-corrected chi connectivity index (χ1v) is 8.38. The Kier molecular flexibility index (Phi) is 3.87. The Balaban J connectivity index is 1.40. The van der Waals surface area contributed by atoms with Crippen molar-refractivity contribution in [1.82, 2.24) is 15.1 Å². The van der Waals surface area contributed by atoms with Crippen LogP contribution in [0.4, 0.5) is 5.82 Å². The van der Waals surface area contributed by atoms with Gasteiger partial charge < -0.3 is 10.0 Å². The molecule has 1 aromatic carbocycles. The zero-order chi connectivity index (χ0) is 15.6. The molecule has 0 radical (unpaired) electrons. The maximum atomic E-state index is 9.56. The van der Waals surface area contributed by atoms with E-state index in [1.54, 1.807) is 12.1 Å². The predicted octanol–water partition coefficient (Wildman–Crippen LogP) is 2.38. The van der Waals surface area contributed by atoms with Crippen molar-refractivity contribution in [2.24, 2.45) is 5.92 Å². The third-order valence-corrected chi connectivity index (χ3v) is 4.70. The van der Waals surface area contributed by atoms with Gasteiger partial charge in [0.15, 0.2) is 5.82 Å². The van der Waals surface area contributed by atoms with Gasteiger partial charge in [-0.1, -0.05) is 12.1 Å². The van der Waals surface area contributed by atoms with Crippen LogP contribution in [0, 0.1) is 5.92 Å². The molecule has 0 amide bonds. The average Bonchev–Trinajstić information content (AvgIpc) is 3.40. The molecule has 5 heteroatoms. The number of nitrogens with zero attached hydrogens (tertiary/aromatic N) is 4. The third-order valence-electron chi connectivity index (χ3n) is 4.70. The fourth-order valence-corrected chi connectivity index (χ4v) is 3.14. The number of aromatic hydroxyl groups is 1. The van der Waals surface area contributed by atoms with E-state index in [4.69, 9.17) is 0 Å². The Bertz CT molecular complexity index is 661. The topological polar surface area (TPSA) is 52.5 Å². The molecule has 1 saturated carbocycles. The van der Waals surface area contributed by atoms with Crippen molar-refractivity contribution < 1.29 is 5.11 Å². The van der Waals surface area contributed by atoms with Gasteiger partial charge in [-0.2, -0.15) is 0 Å². The molecule has 1 aromatic heterocycles. The Hall–Kier alpha value is -2.14. The molecule has 2 aliphatic rings. The Morgan fingerprint density at radius 3 is 2.48 bits per heavy atom. The van der Waals surface area contributed by atoms with Crippen molar-refractivity contribution in [2.45, 2.75) is 12.8 Å². The molecule has 0 bridgehead atoms. The van der Waals surface area contributed by atoms with E-state index in [1.165, 1.54) is 19.4 Å². The molecule has 0 atom stereocenters. The van der Waals surface area contributed by atoms with Crippen LogP contribution >= 0.6 is 0 Å². The smallest absolute Gasteiger partial charge is 0.151 e. The zero-order valence-electron chi connectivity index (χ0n) is 13.2. The number of hydrogen-bond acceptors (Lipinski definition) is 5. The van der Waals surface area contributed by atoms with Crippen LogP contribution in [0.2, 0.25) is 0 Å². The molecule has 0 unspecified atom stereocenters. The van der Waals surface area contributed by atoms with Gasteiger partial charge in [0.25, 0.3) is 0 Å². The predicted molar refractivity (Wildman–Crippen MR) is 90.5 cm³/mol. The van der Waals surface area contributed by atoms with Gasteiger partial charge in [-0.25, -0.2) is 0 Å². The minimum absolute atomic E-state index is 0.250. The molecular weight excluding hydrogens is 288 g/mol. The van der Waals surface area contributed by atoms with Crippen molar-refractivity contribution in [1.29, 1.82) is 0 Å². The van der Waals surface area contributed by atoms with Crippen LogP contribution < -0.4 is 4.90 Å². The van der Waals surface area contributed by atoms with Crippen LogP contribution in [-0.4, -0.2) is 52.9 Å².